The van der Waals surface area contributed by atoms with Gasteiger partial charge in [-0.3, -0.25) is 4.79 Å². The number of nitrogens with one attached hydrogen (secondary N) is 2. The van der Waals surface area contributed by atoms with E-state index in [-0.39, 0.29) is 5.91 Å². The van der Waals surface area contributed by atoms with Crippen molar-refractivity contribution in [3.8, 4) is 0 Å². The molecule has 0 saturated carbocycles. The van der Waals surface area contributed by atoms with Crippen molar-refractivity contribution in [2.24, 2.45) is 0 Å². The van der Waals surface area contributed by atoms with E-state index in [1.54, 1.807) is 25.4 Å². The average molecular weight is 383 g/mol. The van der Waals surface area contributed by atoms with E-state index in [4.69, 9.17) is 4.74 Å². The van der Waals surface area contributed by atoms with Crippen LogP contribution in [-0.2, 0) is 4.74 Å². The van der Waals surface area contributed by atoms with Crippen molar-refractivity contribution in [3.63, 3.8) is 0 Å². The molecular weight excluding hydrogens is 354 g/mol. The second-order valence-corrected chi connectivity index (χ2v) is 6.99. The maximum Gasteiger partial charge on any atom is 0.255 e. The number of methoxy groups -OCH3 is 1. The van der Waals surface area contributed by atoms with Gasteiger partial charge in [-0.15, -0.1) is 0 Å². The van der Waals surface area contributed by atoms with E-state index in [0.717, 1.165) is 44.8 Å². The summed E-state index contributed by atoms with van der Waals surface area (Å²) in [6.07, 6.45) is 2.53. The second-order valence-electron chi connectivity index (χ2n) is 6.99. The smallest absolute Gasteiger partial charge is 0.255 e. The zero-order valence-corrected chi connectivity index (χ0v) is 16.6. The summed E-state index contributed by atoms with van der Waals surface area (Å²) >= 11 is 0. The number of rotatable bonds is 8. The Morgan fingerprint density at radius 3 is 2.61 bits per heavy atom. The molecule has 0 unspecified atom stereocenters. The molecule has 28 heavy (non-hydrogen) atoms. The molecule has 1 aliphatic rings. The van der Waals surface area contributed by atoms with Crippen molar-refractivity contribution in [3.05, 3.63) is 48.2 Å². The molecule has 150 valence electrons. The third-order valence-electron chi connectivity index (χ3n) is 4.85. The van der Waals surface area contributed by atoms with Crippen LogP contribution in [0.4, 0.5) is 17.2 Å². The van der Waals surface area contributed by atoms with E-state index in [0.29, 0.717) is 18.0 Å². The SMILES string of the molecule is COCCCNc1cc(C(=O)Nc2ccc(N3CCN(C)CC3)cc2)ccn1. The zero-order valence-electron chi connectivity index (χ0n) is 16.6. The number of carbonyl (C=O) groups is 1. The van der Waals surface area contributed by atoms with Crippen molar-refractivity contribution in [2.45, 2.75) is 6.42 Å². The highest BCUT2D eigenvalue weighted by atomic mass is 16.5. The van der Waals surface area contributed by atoms with Crippen LogP contribution in [0.3, 0.4) is 0 Å². The molecule has 1 fully saturated rings. The van der Waals surface area contributed by atoms with Crippen LogP contribution >= 0.6 is 0 Å². The van der Waals surface area contributed by atoms with Gasteiger partial charge in [0.05, 0.1) is 0 Å². The molecule has 2 heterocycles. The van der Waals surface area contributed by atoms with Gasteiger partial charge in [0, 0.05) is 69.6 Å². The second kappa shape index (κ2) is 10.1. The number of carbonyl (C=O) groups excluding carboxylic acids is 1. The van der Waals surface area contributed by atoms with Gasteiger partial charge in [0.25, 0.3) is 5.91 Å². The molecule has 7 heteroatoms. The number of pyridine rings is 1. The Kier molecular flexibility index (Phi) is 7.22. The molecule has 2 N–H and O–H groups in total. The molecule has 3 rings (SSSR count). The number of piperazine rings is 1. The van der Waals surface area contributed by atoms with Crippen molar-refractivity contribution in [1.82, 2.24) is 9.88 Å². The van der Waals surface area contributed by atoms with Crippen LogP contribution < -0.4 is 15.5 Å². The lowest BCUT2D eigenvalue weighted by Crippen LogP contribution is -2.44. The number of hydrogen-bond acceptors (Lipinski definition) is 6. The molecule has 0 atom stereocenters. The lowest BCUT2D eigenvalue weighted by atomic mass is 10.2. The highest BCUT2D eigenvalue weighted by molar-refractivity contribution is 6.04. The minimum Gasteiger partial charge on any atom is -0.385 e. The number of amides is 1. The Bertz CT molecular complexity index is 758. The quantitative estimate of drug-likeness (QED) is 0.683. The van der Waals surface area contributed by atoms with Crippen LogP contribution in [0.2, 0.25) is 0 Å². The lowest BCUT2D eigenvalue weighted by Gasteiger charge is -2.34. The Labute approximate surface area is 166 Å². The third kappa shape index (κ3) is 5.68. The number of aromatic nitrogens is 1. The molecule has 0 aliphatic carbocycles. The van der Waals surface area contributed by atoms with Gasteiger partial charge in [-0.1, -0.05) is 0 Å². The molecule has 2 aromatic rings. The summed E-state index contributed by atoms with van der Waals surface area (Å²) in [6, 6.07) is 11.5. The predicted molar refractivity (Wildman–Crippen MR) is 113 cm³/mol. The van der Waals surface area contributed by atoms with E-state index in [9.17, 15) is 4.79 Å². The van der Waals surface area contributed by atoms with E-state index in [1.807, 2.05) is 12.1 Å². The Morgan fingerprint density at radius 1 is 1.14 bits per heavy atom. The van der Waals surface area contributed by atoms with Gasteiger partial charge < -0.3 is 25.2 Å². The summed E-state index contributed by atoms with van der Waals surface area (Å²) in [6.45, 7) is 5.64. The fourth-order valence-corrected chi connectivity index (χ4v) is 3.12. The molecule has 1 saturated heterocycles. The van der Waals surface area contributed by atoms with Crippen LogP contribution in [0.15, 0.2) is 42.6 Å². The number of benzene rings is 1. The van der Waals surface area contributed by atoms with Crippen LogP contribution in [0, 0.1) is 0 Å². The average Bonchev–Trinajstić information content (AvgIpc) is 2.73. The molecule has 0 radical (unpaired) electrons. The summed E-state index contributed by atoms with van der Waals surface area (Å²) in [4.78, 5) is 21.5. The number of anilines is 3. The van der Waals surface area contributed by atoms with Crippen LogP contribution in [-0.4, -0.2) is 69.3 Å². The molecular formula is C21H29N5O2. The minimum atomic E-state index is -0.144. The van der Waals surface area contributed by atoms with Gasteiger partial charge in [-0.05, 0) is 49.9 Å². The largest absolute Gasteiger partial charge is 0.385 e. The van der Waals surface area contributed by atoms with Crippen LogP contribution in [0.1, 0.15) is 16.8 Å². The van der Waals surface area contributed by atoms with Crippen LogP contribution in [0.25, 0.3) is 0 Å². The van der Waals surface area contributed by atoms with E-state index < -0.39 is 0 Å². The first kappa shape index (κ1) is 20.1. The third-order valence-corrected chi connectivity index (χ3v) is 4.85. The summed E-state index contributed by atoms with van der Waals surface area (Å²) in [5.41, 5.74) is 2.55. The van der Waals surface area contributed by atoms with Crippen LogP contribution in [0.5, 0.6) is 0 Å². The fraction of sp³-hybridized carbons (Fsp3) is 0.429. The lowest BCUT2D eigenvalue weighted by molar-refractivity contribution is 0.102. The Balaban J connectivity index is 1.55. The fourth-order valence-electron chi connectivity index (χ4n) is 3.12. The van der Waals surface area contributed by atoms with Crippen molar-refractivity contribution in [1.29, 1.82) is 0 Å². The zero-order chi connectivity index (χ0) is 19.8. The maximum atomic E-state index is 12.6. The molecule has 1 aromatic carbocycles. The molecule has 1 amide bonds. The van der Waals surface area contributed by atoms with Gasteiger partial charge in [-0.2, -0.15) is 0 Å². The van der Waals surface area contributed by atoms with Crippen molar-refractivity contribution >= 4 is 23.1 Å². The first-order chi connectivity index (χ1) is 13.7. The molecule has 7 nitrogen and oxygen atoms in total. The van der Waals surface area contributed by atoms with Crippen molar-refractivity contribution < 1.29 is 9.53 Å². The summed E-state index contributed by atoms with van der Waals surface area (Å²) in [5.74, 6) is 0.545. The van der Waals surface area contributed by atoms with Gasteiger partial charge in [-0.25, -0.2) is 4.98 Å². The van der Waals surface area contributed by atoms with Gasteiger partial charge in [0.2, 0.25) is 0 Å². The number of nitrogens with zero attached hydrogens (tertiary/aromatic N) is 3. The summed E-state index contributed by atoms with van der Waals surface area (Å²) in [7, 11) is 3.83. The molecule has 0 bridgehead atoms. The number of hydrogen-bond donors (Lipinski definition) is 2. The predicted octanol–water partition coefficient (Wildman–Crippen LogP) is 2.53. The molecule has 0 spiro atoms. The normalized spacial score (nSPS) is 14.7. The first-order valence-corrected chi connectivity index (χ1v) is 9.69. The topological polar surface area (TPSA) is 69.7 Å². The monoisotopic (exact) mass is 383 g/mol. The van der Waals surface area contributed by atoms with E-state index in [2.05, 4.69) is 44.6 Å². The summed E-state index contributed by atoms with van der Waals surface area (Å²) in [5, 5.41) is 6.16. The first-order valence-electron chi connectivity index (χ1n) is 9.69. The van der Waals surface area contributed by atoms with Gasteiger partial charge in [0.15, 0.2) is 0 Å². The van der Waals surface area contributed by atoms with Gasteiger partial charge in [0.1, 0.15) is 5.82 Å². The molecule has 1 aliphatic heterocycles. The summed E-state index contributed by atoms with van der Waals surface area (Å²) < 4.78 is 5.03. The van der Waals surface area contributed by atoms with Crippen molar-refractivity contribution in [2.75, 3.05) is 69.0 Å². The highest BCUT2D eigenvalue weighted by Gasteiger charge is 2.14. The number of likely N-dealkylation sites (N-methyl/N-ethyl adjacent to an activating group) is 1. The Morgan fingerprint density at radius 2 is 1.89 bits per heavy atom. The van der Waals surface area contributed by atoms with Gasteiger partial charge >= 0.3 is 0 Å². The number of ether oxygens (including phenoxy) is 1. The van der Waals surface area contributed by atoms with E-state index >= 15 is 0 Å². The Hall–Kier alpha value is -2.64. The standard InChI is InChI=1S/C21H29N5O2/c1-25-11-13-26(14-12-25)19-6-4-18(5-7-19)24-21(27)17-8-10-23-20(16-17)22-9-3-15-28-2/h4-8,10,16H,3,9,11-15H2,1-2H3,(H,22,23)(H,24,27). The molecule has 1 aromatic heterocycles. The van der Waals surface area contributed by atoms with E-state index in [1.165, 1.54) is 5.69 Å². The highest BCUT2D eigenvalue weighted by Crippen LogP contribution is 2.20. The maximum absolute atomic E-state index is 12.6. The minimum absolute atomic E-state index is 0.144.